The van der Waals surface area contributed by atoms with Crippen molar-refractivity contribution in [3.8, 4) is 5.69 Å². The van der Waals surface area contributed by atoms with Crippen LogP contribution in [0, 0.1) is 6.92 Å². The van der Waals surface area contributed by atoms with E-state index in [2.05, 4.69) is 22.4 Å². The van der Waals surface area contributed by atoms with E-state index in [1.165, 1.54) is 12.0 Å². The topological polar surface area (TPSA) is 63.8 Å². The fourth-order valence-electron chi connectivity index (χ4n) is 2.45. The molecule has 3 rings (SSSR count). The maximum absolute atomic E-state index is 10.1. The van der Waals surface area contributed by atoms with E-state index in [0.717, 1.165) is 30.1 Å². The van der Waals surface area contributed by atoms with Crippen molar-refractivity contribution in [3.63, 3.8) is 0 Å². The summed E-state index contributed by atoms with van der Waals surface area (Å²) >= 11 is 1.58. The molecule has 1 aliphatic rings. The van der Waals surface area contributed by atoms with Gasteiger partial charge in [0.25, 0.3) is 0 Å². The van der Waals surface area contributed by atoms with Gasteiger partial charge in [0.15, 0.2) is 0 Å². The Hall–Kier alpha value is -1.40. The lowest BCUT2D eigenvalue weighted by Gasteiger charge is -2.26. The second-order valence-electron chi connectivity index (χ2n) is 5.22. The number of rotatable bonds is 3. The van der Waals surface area contributed by atoms with Crippen LogP contribution in [0.1, 0.15) is 31.2 Å². The molecule has 1 aliphatic carbocycles. The van der Waals surface area contributed by atoms with Gasteiger partial charge in [0.05, 0.1) is 11.8 Å². The Morgan fingerprint density at radius 3 is 2.70 bits per heavy atom. The van der Waals surface area contributed by atoms with Crippen molar-refractivity contribution in [1.82, 2.24) is 20.2 Å². The zero-order valence-electron chi connectivity index (χ0n) is 11.4. The summed E-state index contributed by atoms with van der Waals surface area (Å²) in [6.07, 6.45) is 3.93. The predicted octanol–water partition coefficient (Wildman–Crippen LogP) is 2.37. The molecule has 1 fully saturated rings. The highest BCUT2D eigenvalue weighted by Gasteiger charge is 2.26. The monoisotopic (exact) mass is 290 g/mol. The van der Waals surface area contributed by atoms with Crippen LogP contribution in [-0.2, 0) is 0 Å². The molecule has 2 atom stereocenters. The summed E-state index contributed by atoms with van der Waals surface area (Å²) in [6, 6.07) is 8.10. The first kappa shape index (κ1) is 13.6. The van der Waals surface area contributed by atoms with Crippen molar-refractivity contribution in [1.29, 1.82) is 0 Å². The van der Waals surface area contributed by atoms with Gasteiger partial charge in [-0.15, -0.1) is 5.10 Å². The van der Waals surface area contributed by atoms with Gasteiger partial charge in [0.2, 0.25) is 5.16 Å². The lowest BCUT2D eigenvalue weighted by Crippen LogP contribution is -2.27. The molecule has 1 aromatic carbocycles. The van der Waals surface area contributed by atoms with Gasteiger partial charge in [-0.25, -0.2) is 0 Å². The van der Waals surface area contributed by atoms with Crippen LogP contribution in [0.2, 0.25) is 0 Å². The number of aliphatic hydroxyl groups excluding tert-OH is 1. The number of benzene rings is 1. The zero-order valence-corrected chi connectivity index (χ0v) is 12.3. The molecule has 106 valence electrons. The summed E-state index contributed by atoms with van der Waals surface area (Å²) in [4.78, 5) is 0. The first-order valence-corrected chi connectivity index (χ1v) is 7.82. The van der Waals surface area contributed by atoms with Crippen LogP contribution in [0.5, 0.6) is 0 Å². The number of hydrogen-bond acceptors (Lipinski definition) is 5. The van der Waals surface area contributed by atoms with Crippen LogP contribution < -0.4 is 0 Å². The Bertz CT molecular complexity index is 569. The third-order valence-electron chi connectivity index (χ3n) is 3.64. The van der Waals surface area contributed by atoms with Crippen molar-refractivity contribution in [2.24, 2.45) is 0 Å². The molecule has 0 aliphatic heterocycles. The maximum atomic E-state index is 10.1. The molecule has 2 aromatic rings. The SMILES string of the molecule is Cc1ccc(-n2nnnc2SC2CCCCC2O)cc1. The summed E-state index contributed by atoms with van der Waals surface area (Å²) in [5.74, 6) is 0. The summed E-state index contributed by atoms with van der Waals surface area (Å²) in [5, 5.41) is 22.9. The van der Waals surface area contributed by atoms with Gasteiger partial charge in [0, 0.05) is 5.25 Å². The lowest BCUT2D eigenvalue weighted by molar-refractivity contribution is 0.137. The Kier molecular flexibility index (Phi) is 4.03. The van der Waals surface area contributed by atoms with E-state index in [-0.39, 0.29) is 11.4 Å². The molecule has 1 saturated carbocycles. The molecule has 0 spiro atoms. The van der Waals surface area contributed by atoms with Gasteiger partial charge in [-0.2, -0.15) is 4.68 Å². The van der Waals surface area contributed by atoms with Crippen molar-refractivity contribution < 1.29 is 5.11 Å². The van der Waals surface area contributed by atoms with E-state index in [1.807, 2.05) is 24.3 Å². The maximum Gasteiger partial charge on any atom is 0.214 e. The smallest absolute Gasteiger partial charge is 0.214 e. The van der Waals surface area contributed by atoms with Crippen molar-refractivity contribution in [3.05, 3.63) is 29.8 Å². The standard InChI is InChI=1S/C14H18N4OS/c1-10-6-8-11(9-7-10)18-14(15-16-17-18)20-13-5-3-2-4-12(13)19/h6-9,12-13,19H,2-5H2,1H3. The highest BCUT2D eigenvalue weighted by molar-refractivity contribution is 7.99. The quantitative estimate of drug-likeness (QED) is 0.940. The third kappa shape index (κ3) is 2.86. The zero-order chi connectivity index (χ0) is 13.9. The molecule has 0 bridgehead atoms. The summed E-state index contributed by atoms with van der Waals surface area (Å²) in [5.41, 5.74) is 2.16. The molecule has 5 nitrogen and oxygen atoms in total. The first-order valence-electron chi connectivity index (χ1n) is 6.94. The van der Waals surface area contributed by atoms with Crippen LogP contribution in [0.15, 0.2) is 29.4 Å². The van der Waals surface area contributed by atoms with E-state index >= 15 is 0 Å². The second-order valence-corrected chi connectivity index (χ2v) is 6.42. The summed E-state index contributed by atoms with van der Waals surface area (Å²) < 4.78 is 1.74. The molecule has 1 N–H and O–H groups in total. The molecule has 0 radical (unpaired) electrons. The third-order valence-corrected chi connectivity index (χ3v) is 4.96. The van der Waals surface area contributed by atoms with E-state index < -0.39 is 0 Å². The summed E-state index contributed by atoms with van der Waals surface area (Å²) in [6.45, 7) is 2.05. The normalized spacial score (nSPS) is 22.9. The summed E-state index contributed by atoms with van der Waals surface area (Å²) in [7, 11) is 0. The number of tetrazole rings is 1. The number of hydrogen-bond donors (Lipinski definition) is 1. The minimum atomic E-state index is -0.253. The van der Waals surface area contributed by atoms with Crippen molar-refractivity contribution in [2.45, 2.75) is 49.1 Å². The molecule has 6 heteroatoms. The minimum absolute atomic E-state index is 0.193. The van der Waals surface area contributed by atoms with Crippen molar-refractivity contribution >= 4 is 11.8 Å². The molecule has 0 amide bonds. The Labute approximate surface area is 122 Å². The van der Waals surface area contributed by atoms with Gasteiger partial charge in [-0.05, 0) is 42.3 Å². The second kappa shape index (κ2) is 5.93. The molecular weight excluding hydrogens is 272 g/mol. The van der Waals surface area contributed by atoms with Crippen LogP contribution in [0.4, 0.5) is 0 Å². The van der Waals surface area contributed by atoms with Gasteiger partial charge in [-0.3, -0.25) is 0 Å². The average Bonchev–Trinajstić information content (AvgIpc) is 2.90. The Morgan fingerprint density at radius 1 is 1.20 bits per heavy atom. The average molecular weight is 290 g/mol. The fraction of sp³-hybridized carbons (Fsp3) is 0.500. The highest BCUT2D eigenvalue weighted by atomic mass is 32.2. The molecule has 1 aromatic heterocycles. The first-order chi connectivity index (χ1) is 9.74. The van der Waals surface area contributed by atoms with Gasteiger partial charge < -0.3 is 5.11 Å². The predicted molar refractivity (Wildman–Crippen MR) is 78.0 cm³/mol. The largest absolute Gasteiger partial charge is 0.392 e. The van der Waals surface area contributed by atoms with Gasteiger partial charge in [0.1, 0.15) is 0 Å². The number of nitrogens with zero attached hydrogens (tertiary/aromatic N) is 4. The van der Waals surface area contributed by atoms with E-state index in [4.69, 9.17) is 0 Å². The molecular formula is C14H18N4OS. The van der Waals surface area contributed by atoms with E-state index in [1.54, 1.807) is 16.4 Å². The van der Waals surface area contributed by atoms with E-state index in [9.17, 15) is 5.11 Å². The fourth-order valence-corrected chi connectivity index (χ4v) is 3.62. The van der Waals surface area contributed by atoms with Crippen LogP contribution in [0.3, 0.4) is 0 Å². The number of aliphatic hydroxyl groups is 1. The lowest BCUT2D eigenvalue weighted by atomic mass is 9.97. The Balaban J connectivity index is 1.81. The van der Waals surface area contributed by atoms with Crippen LogP contribution in [-0.4, -0.2) is 36.7 Å². The van der Waals surface area contributed by atoms with Crippen molar-refractivity contribution in [2.75, 3.05) is 0 Å². The van der Waals surface area contributed by atoms with Gasteiger partial charge in [-0.1, -0.05) is 42.3 Å². The Morgan fingerprint density at radius 2 is 1.95 bits per heavy atom. The van der Waals surface area contributed by atoms with Gasteiger partial charge >= 0.3 is 0 Å². The number of aromatic nitrogens is 4. The molecule has 20 heavy (non-hydrogen) atoms. The van der Waals surface area contributed by atoms with Crippen LogP contribution >= 0.6 is 11.8 Å². The number of aryl methyl sites for hydroxylation is 1. The van der Waals surface area contributed by atoms with Crippen LogP contribution in [0.25, 0.3) is 5.69 Å². The molecule has 1 heterocycles. The number of thioether (sulfide) groups is 1. The molecule has 2 unspecified atom stereocenters. The highest BCUT2D eigenvalue weighted by Crippen LogP contribution is 2.33. The van der Waals surface area contributed by atoms with E-state index in [0.29, 0.717) is 0 Å². The minimum Gasteiger partial charge on any atom is -0.392 e. The molecule has 0 saturated heterocycles.